The number of carboxylic acids is 1. The zero-order valence-electron chi connectivity index (χ0n) is 11.2. The summed E-state index contributed by atoms with van der Waals surface area (Å²) in [5, 5.41) is 23.2. The maximum Gasteiger partial charge on any atom is 0.352 e. The number of benzene rings is 1. The molecule has 6 heteroatoms. The predicted octanol–water partition coefficient (Wildman–Crippen LogP) is 0.513. The molecule has 0 saturated heterocycles. The number of rotatable bonds is 1. The summed E-state index contributed by atoms with van der Waals surface area (Å²) in [7, 11) is 0. The van der Waals surface area contributed by atoms with Crippen molar-refractivity contribution < 1.29 is 19.6 Å². The number of carboxylic acid groups (broad SMARTS) is 1. The molecule has 3 N–H and O–H groups in total. The summed E-state index contributed by atoms with van der Waals surface area (Å²) < 4.78 is 12.6. The second-order valence-electron chi connectivity index (χ2n) is 5.15. The van der Waals surface area contributed by atoms with Crippen LogP contribution in [-0.2, 0) is 16.0 Å². The van der Waals surface area contributed by atoms with Gasteiger partial charge in [-0.15, -0.1) is 0 Å². The quantitative estimate of drug-likeness (QED) is 0.657. The Kier molecular flexibility index (Phi) is 2.72. The molecule has 1 aliphatic carbocycles. The van der Waals surface area contributed by atoms with Crippen LogP contribution in [0.5, 0.6) is 0 Å². The minimum absolute atomic E-state index is 0.0929. The Morgan fingerprint density at radius 1 is 1.27 bits per heavy atom. The molecule has 1 aromatic rings. The van der Waals surface area contributed by atoms with Gasteiger partial charge < -0.3 is 20.1 Å². The number of hydrogen-bond donors (Lipinski definition) is 3. The summed E-state index contributed by atoms with van der Waals surface area (Å²) in [6.45, 7) is 0. The van der Waals surface area contributed by atoms with E-state index in [1.165, 1.54) is 6.08 Å². The molecule has 0 aromatic heterocycles. The number of aliphatic hydroxyl groups is 1. The van der Waals surface area contributed by atoms with E-state index in [0.717, 1.165) is 10.8 Å². The largest absolute Gasteiger partial charge is 0.611 e. The number of carbonyl (C=O) groups is 1. The average Bonchev–Trinajstić information content (AvgIpc) is 2.80. The van der Waals surface area contributed by atoms with Crippen LogP contribution in [0.2, 0.25) is 0 Å². The van der Waals surface area contributed by atoms with Crippen LogP contribution in [0, 0.1) is 0 Å². The van der Waals surface area contributed by atoms with Crippen molar-refractivity contribution in [2.75, 3.05) is 5.32 Å². The highest BCUT2D eigenvalue weighted by atomic mass is 32.2. The standard InChI is InChI=1S/C16H11NO4S/c18-11-7-10(16(19)20)17-9-5-6-13-14(15(9)11)8-3-1-2-4-12(8)22(13)21/h1-7,12,17-18H,(H,19,20). The molecule has 0 saturated carbocycles. The van der Waals surface area contributed by atoms with E-state index in [1.807, 2.05) is 24.3 Å². The maximum absolute atomic E-state index is 12.6. The molecule has 2 aliphatic heterocycles. The van der Waals surface area contributed by atoms with Crippen molar-refractivity contribution in [2.24, 2.45) is 0 Å². The van der Waals surface area contributed by atoms with Gasteiger partial charge in [0, 0.05) is 11.6 Å². The van der Waals surface area contributed by atoms with E-state index >= 15 is 0 Å². The van der Waals surface area contributed by atoms with Crippen molar-refractivity contribution in [1.29, 1.82) is 0 Å². The molecule has 2 atom stereocenters. The van der Waals surface area contributed by atoms with Crippen molar-refractivity contribution in [2.45, 2.75) is 10.1 Å². The smallest absolute Gasteiger partial charge is 0.352 e. The van der Waals surface area contributed by atoms with Gasteiger partial charge in [0.1, 0.15) is 11.5 Å². The van der Waals surface area contributed by atoms with E-state index in [9.17, 15) is 14.5 Å². The lowest BCUT2D eigenvalue weighted by Gasteiger charge is -2.15. The van der Waals surface area contributed by atoms with E-state index in [1.54, 1.807) is 12.1 Å². The zero-order valence-corrected chi connectivity index (χ0v) is 12.1. The Hall–Kier alpha value is -2.44. The number of aliphatic carboxylic acids is 1. The van der Waals surface area contributed by atoms with E-state index in [4.69, 9.17) is 5.11 Å². The average molecular weight is 313 g/mol. The van der Waals surface area contributed by atoms with Crippen LogP contribution in [0.15, 0.2) is 53.1 Å². The van der Waals surface area contributed by atoms with Crippen molar-refractivity contribution in [1.82, 2.24) is 0 Å². The summed E-state index contributed by atoms with van der Waals surface area (Å²) in [6.07, 6.45) is 8.67. The van der Waals surface area contributed by atoms with Crippen molar-refractivity contribution in [3.8, 4) is 0 Å². The Labute approximate surface area is 128 Å². The van der Waals surface area contributed by atoms with Crippen LogP contribution < -0.4 is 15.8 Å². The third kappa shape index (κ3) is 1.68. The summed E-state index contributed by atoms with van der Waals surface area (Å²) in [5.74, 6) is -1.27. The molecule has 22 heavy (non-hydrogen) atoms. The van der Waals surface area contributed by atoms with Gasteiger partial charge in [-0.05, 0) is 29.4 Å². The van der Waals surface area contributed by atoms with Crippen LogP contribution in [0.4, 0.5) is 5.69 Å². The molecule has 1 aromatic carbocycles. The minimum Gasteiger partial charge on any atom is -0.611 e. The topological polar surface area (TPSA) is 92.6 Å². The fourth-order valence-corrected chi connectivity index (χ4v) is 4.54. The van der Waals surface area contributed by atoms with Crippen LogP contribution in [0.1, 0.15) is 0 Å². The van der Waals surface area contributed by atoms with Crippen molar-refractivity contribution in [3.05, 3.63) is 58.6 Å². The van der Waals surface area contributed by atoms with Crippen LogP contribution in [0.3, 0.4) is 0 Å². The Bertz CT molecular complexity index is 926. The second kappa shape index (κ2) is 4.53. The minimum atomic E-state index is -1.21. The molecule has 0 fully saturated rings. The summed E-state index contributed by atoms with van der Waals surface area (Å²) in [4.78, 5) is 11.8. The maximum atomic E-state index is 12.6. The summed E-state index contributed by atoms with van der Waals surface area (Å²) in [5.41, 5.74) is 1.29. The SMILES string of the molecule is O=C(O)C1=CC(O)=c2c(ccc3c2=C2C=CC=CC2[S+]3[O-])N1. The zero-order chi connectivity index (χ0) is 15.4. The molecule has 0 spiro atoms. The first-order chi connectivity index (χ1) is 10.6. The van der Waals surface area contributed by atoms with Crippen molar-refractivity contribution in [3.63, 3.8) is 0 Å². The molecule has 2 heterocycles. The Morgan fingerprint density at radius 3 is 2.86 bits per heavy atom. The molecule has 4 rings (SSSR count). The van der Waals surface area contributed by atoms with E-state index in [-0.39, 0.29) is 16.7 Å². The highest BCUT2D eigenvalue weighted by molar-refractivity contribution is 7.93. The van der Waals surface area contributed by atoms with Gasteiger partial charge in [0.15, 0.2) is 10.1 Å². The van der Waals surface area contributed by atoms with Crippen LogP contribution in [0.25, 0.3) is 11.3 Å². The Balaban J connectivity index is 2.12. The van der Waals surface area contributed by atoms with Crippen LogP contribution in [-0.4, -0.2) is 26.0 Å². The fourth-order valence-electron chi connectivity index (χ4n) is 2.99. The van der Waals surface area contributed by atoms with Gasteiger partial charge in [-0.1, -0.05) is 18.2 Å². The second-order valence-corrected chi connectivity index (χ2v) is 6.69. The van der Waals surface area contributed by atoms with Gasteiger partial charge in [-0.3, -0.25) is 0 Å². The molecule has 0 amide bonds. The number of allylic oxidation sites excluding steroid dienone is 3. The number of fused-ring (bicyclic) bond motifs is 4. The lowest BCUT2D eigenvalue weighted by molar-refractivity contribution is -0.132. The molecule has 0 radical (unpaired) electrons. The summed E-state index contributed by atoms with van der Waals surface area (Å²) >= 11 is -1.21. The monoisotopic (exact) mass is 313 g/mol. The molecule has 3 aliphatic rings. The normalized spacial score (nSPS) is 24.3. The van der Waals surface area contributed by atoms with E-state index in [2.05, 4.69) is 5.32 Å². The lowest BCUT2D eigenvalue weighted by atomic mass is 10.0. The molecule has 2 unspecified atom stereocenters. The van der Waals surface area contributed by atoms with Gasteiger partial charge in [-0.25, -0.2) is 4.79 Å². The van der Waals surface area contributed by atoms with E-state index < -0.39 is 17.1 Å². The highest BCUT2D eigenvalue weighted by Gasteiger charge is 2.36. The third-order valence-corrected chi connectivity index (χ3v) is 5.57. The molecular formula is C16H11NO4S. The molecule has 5 nitrogen and oxygen atoms in total. The fraction of sp³-hybridized carbons (Fsp3) is 0.0625. The van der Waals surface area contributed by atoms with Crippen molar-refractivity contribution >= 4 is 34.2 Å². The number of hydrogen-bond acceptors (Lipinski definition) is 4. The summed E-state index contributed by atoms with van der Waals surface area (Å²) in [6, 6.07) is 3.38. The highest BCUT2D eigenvalue weighted by Crippen LogP contribution is 2.30. The van der Waals surface area contributed by atoms with Gasteiger partial charge in [0.05, 0.1) is 16.1 Å². The lowest BCUT2D eigenvalue weighted by Crippen LogP contribution is -2.36. The Morgan fingerprint density at radius 2 is 2.09 bits per heavy atom. The third-order valence-electron chi connectivity index (χ3n) is 3.92. The van der Waals surface area contributed by atoms with Crippen LogP contribution >= 0.6 is 0 Å². The van der Waals surface area contributed by atoms with Gasteiger partial charge in [0.2, 0.25) is 0 Å². The van der Waals surface area contributed by atoms with Gasteiger partial charge in [0.25, 0.3) is 0 Å². The molecule has 0 bridgehead atoms. The predicted molar refractivity (Wildman–Crippen MR) is 83.0 cm³/mol. The number of nitrogens with one attached hydrogen (secondary N) is 1. The van der Waals surface area contributed by atoms with E-state index in [0.29, 0.717) is 15.8 Å². The first-order valence-corrected chi connectivity index (χ1v) is 7.87. The number of anilines is 1. The molecule has 110 valence electrons. The van der Waals surface area contributed by atoms with Gasteiger partial charge in [-0.2, -0.15) is 0 Å². The molecular weight excluding hydrogens is 302 g/mol. The first-order valence-electron chi connectivity index (χ1n) is 6.66. The number of aliphatic hydroxyl groups excluding tert-OH is 1. The first kappa shape index (κ1) is 13.2. The van der Waals surface area contributed by atoms with Gasteiger partial charge >= 0.3 is 5.97 Å².